The summed E-state index contributed by atoms with van der Waals surface area (Å²) in [4.78, 5) is 33.5. The first-order valence-electron chi connectivity index (χ1n) is 6.87. The predicted molar refractivity (Wildman–Crippen MR) is 72.9 cm³/mol. The quantitative estimate of drug-likeness (QED) is 0.585. The third kappa shape index (κ3) is 5.07. The normalized spacial score (nSPS) is 27.4. The summed E-state index contributed by atoms with van der Waals surface area (Å²) < 4.78 is 0. The van der Waals surface area contributed by atoms with Crippen LogP contribution >= 0.6 is 0 Å². The van der Waals surface area contributed by atoms with Gasteiger partial charge in [-0.25, -0.2) is 9.59 Å². The van der Waals surface area contributed by atoms with Crippen LogP contribution in [0.25, 0.3) is 0 Å². The third-order valence-electron chi connectivity index (χ3n) is 3.76. The molecule has 7 heteroatoms. The van der Waals surface area contributed by atoms with Gasteiger partial charge in [-0.3, -0.25) is 4.79 Å². The number of carboxylic acid groups (broad SMARTS) is 1. The lowest BCUT2D eigenvalue weighted by molar-refractivity contribution is -0.140. The number of nitrogens with one attached hydrogen (secondary N) is 2. The summed E-state index contributed by atoms with van der Waals surface area (Å²) in [5, 5.41) is 14.0. The predicted octanol–water partition coefficient (Wildman–Crippen LogP) is 0.439. The van der Waals surface area contributed by atoms with E-state index in [-0.39, 0.29) is 6.04 Å². The minimum absolute atomic E-state index is 0.0363. The molecule has 0 saturated heterocycles. The fourth-order valence-electron chi connectivity index (χ4n) is 2.65. The fraction of sp³-hybridized carbons (Fsp3) is 0.769. The summed E-state index contributed by atoms with van der Waals surface area (Å²) >= 11 is 0. The van der Waals surface area contributed by atoms with E-state index in [4.69, 9.17) is 10.8 Å². The van der Waals surface area contributed by atoms with Gasteiger partial charge in [-0.05, 0) is 31.1 Å². The Balaban J connectivity index is 2.49. The molecular weight excluding hydrogens is 262 g/mol. The number of carbonyl (C=O) groups excluding carboxylic acids is 2. The maximum atomic E-state index is 11.8. The van der Waals surface area contributed by atoms with Crippen molar-refractivity contribution in [3.63, 3.8) is 0 Å². The van der Waals surface area contributed by atoms with Crippen molar-refractivity contribution in [1.82, 2.24) is 10.6 Å². The van der Waals surface area contributed by atoms with Crippen LogP contribution in [0.3, 0.4) is 0 Å². The van der Waals surface area contributed by atoms with Crippen molar-refractivity contribution in [1.29, 1.82) is 0 Å². The van der Waals surface area contributed by atoms with Gasteiger partial charge in [0, 0.05) is 6.04 Å². The zero-order chi connectivity index (χ0) is 15.3. The SMILES string of the molecule is CC1CCC(NC(=O)N[C@@H](CC(N)=O)C(=O)O)C(C)C1. The number of aliphatic carboxylic acids is 1. The van der Waals surface area contributed by atoms with E-state index in [0.717, 1.165) is 19.3 Å². The van der Waals surface area contributed by atoms with Gasteiger partial charge in [-0.2, -0.15) is 0 Å². The van der Waals surface area contributed by atoms with Crippen LogP contribution < -0.4 is 16.4 Å². The number of primary amides is 1. The molecule has 0 aromatic carbocycles. The molecule has 1 saturated carbocycles. The van der Waals surface area contributed by atoms with Crippen LogP contribution in [0.2, 0.25) is 0 Å². The molecule has 1 rings (SSSR count). The second-order valence-electron chi connectivity index (χ2n) is 5.68. The average Bonchev–Trinajstić information content (AvgIpc) is 2.31. The zero-order valence-corrected chi connectivity index (χ0v) is 11.9. The molecular formula is C13H23N3O4. The number of hydrogen-bond acceptors (Lipinski definition) is 3. The second-order valence-corrected chi connectivity index (χ2v) is 5.68. The highest BCUT2D eigenvalue weighted by Crippen LogP contribution is 2.28. The van der Waals surface area contributed by atoms with Crippen molar-refractivity contribution >= 4 is 17.9 Å². The Hall–Kier alpha value is -1.79. The van der Waals surface area contributed by atoms with Crippen LogP contribution in [-0.2, 0) is 9.59 Å². The molecule has 0 aliphatic heterocycles. The summed E-state index contributed by atoms with van der Waals surface area (Å²) in [6, 6.07) is -1.82. The van der Waals surface area contributed by atoms with E-state index in [1.54, 1.807) is 0 Å². The summed E-state index contributed by atoms with van der Waals surface area (Å²) in [5.74, 6) is -1.04. The zero-order valence-electron chi connectivity index (χ0n) is 11.9. The van der Waals surface area contributed by atoms with Gasteiger partial charge in [-0.15, -0.1) is 0 Å². The molecule has 0 bridgehead atoms. The maximum Gasteiger partial charge on any atom is 0.326 e. The minimum Gasteiger partial charge on any atom is -0.480 e. The molecule has 1 fully saturated rings. The Kier molecular flexibility index (Phi) is 5.79. The van der Waals surface area contributed by atoms with Gasteiger partial charge in [0.05, 0.1) is 6.42 Å². The Bertz CT molecular complexity index is 386. The van der Waals surface area contributed by atoms with Crippen molar-refractivity contribution in [2.45, 2.75) is 51.6 Å². The molecule has 0 aromatic rings. The second kappa shape index (κ2) is 7.12. The van der Waals surface area contributed by atoms with Crippen molar-refractivity contribution in [3.8, 4) is 0 Å². The number of rotatable bonds is 5. The Labute approximate surface area is 118 Å². The van der Waals surface area contributed by atoms with E-state index >= 15 is 0 Å². The summed E-state index contributed by atoms with van der Waals surface area (Å²) in [6.07, 6.45) is 2.54. The van der Waals surface area contributed by atoms with Crippen LogP contribution in [0.15, 0.2) is 0 Å². The van der Waals surface area contributed by atoms with Crippen molar-refractivity contribution < 1.29 is 19.5 Å². The van der Waals surface area contributed by atoms with Crippen molar-refractivity contribution in [2.75, 3.05) is 0 Å². The van der Waals surface area contributed by atoms with E-state index in [0.29, 0.717) is 11.8 Å². The lowest BCUT2D eigenvalue weighted by Crippen LogP contribution is -2.52. The third-order valence-corrected chi connectivity index (χ3v) is 3.76. The maximum absolute atomic E-state index is 11.8. The van der Waals surface area contributed by atoms with E-state index in [1.165, 1.54) is 0 Å². The largest absolute Gasteiger partial charge is 0.480 e. The molecule has 0 heterocycles. The van der Waals surface area contributed by atoms with Crippen LogP contribution in [0.4, 0.5) is 4.79 Å². The first-order chi connectivity index (χ1) is 9.29. The van der Waals surface area contributed by atoms with E-state index in [1.807, 2.05) is 0 Å². The molecule has 4 atom stereocenters. The summed E-state index contributed by atoms with van der Waals surface area (Å²) in [7, 11) is 0. The average molecular weight is 285 g/mol. The Morgan fingerprint density at radius 3 is 2.45 bits per heavy atom. The lowest BCUT2D eigenvalue weighted by atomic mass is 9.80. The van der Waals surface area contributed by atoms with Crippen LogP contribution in [0.5, 0.6) is 0 Å². The smallest absolute Gasteiger partial charge is 0.326 e. The highest BCUT2D eigenvalue weighted by Gasteiger charge is 2.28. The fourth-order valence-corrected chi connectivity index (χ4v) is 2.65. The highest BCUT2D eigenvalue weighted by atomic mass is 16.4. The molecule has 0 radical (unpaired) electrons. The van der Waals surface area contributed by atoms with Gasteiger partial charge in [0.15, 0.2) is 0 Å². The molecule has 114 valence electrons. The molecule has 0 aromatic heterocycles. The molecule has 1 aliphatic rings. The topological polar surface area (TPSA) is 122 Å². The Morgan fingerprint density at radius 1 is 1.30 bits per heavy atom. The van der Waals surface area contributed by atoms with E-state index < -0.39 is 30.4 Å². The standard InChI is InChI=1S/C13H23N3O4/c1-7-3-4-9(8(2)5-7)15-13(20)16-10(12(18)19)6-11(14)17/h7-10H,3-6H2,1-2H3,(H2,14,17)(H,18,19)(H2,15,16,20)/t7?,8?,9?,10-/m0/s1. The highest BCUT2D eigenvalue weighted by molar-refractivity contribution is 5.87. The van der Waals surface area contributed by atoms with Gasteiger partial charge < -0.3 is 21.5 Å². The molecule has 3 unspecified atom stereocenters. The molecule has 20 heavy (non-hydrogen) atoms. The van der Waals surface area contributed by atoms with Crippen LogP contribution in [-0.4, -0.2) is 35.1 Å². The van der Waals surface area contributed by atoms with Gasteiger partial charge >= 0.3 is 12.0 Å². The first-order valence-corrected chi connectivity index (χ1v) is 6.87. The summed E-state index contributed by atoms with van der Waals surface area (Å²) in [6.45, 7) is 4.25. The van der Waals surface area contributed by atoms with Crippen molar-refractivity contribution in [2.24, 2.45) is 17.6 Å². The van der Waals surface area contributed by atoms with E-state index in [9.17, 15) is 14.4 Å². The Morgan fingerprint density at radius 2 is 1.95 bits per heavy atom. The molecule has 5 N–H and O–H groups in total. The van der Waals surface area contributed by atoms with Gasteiger partial charge in [-0.1, -0.05) is 13.8 Å². The van der Waals surface area contributed by atoms with Gasteiger partial charge in [0.2, 0.25) is 5.91 Å². The lowest BCUT2D eigenvalue weighted by Gasteiger charge is -2.33. The van der Waals surface area contributed by atoms with Crippen molar-refractivity contribution in [3.05, 3.63) is 0 Å². The number of amides is 3. The monoisotopic (exact) mass is 285 g/mol. The number of carbonyl (C=O) groups is 3. The molecule has 1 aliphatic carbocycles. The van der Waals surface area contributed by atoms with E-state index in [2.05, 4.69) is 24.5 Å². The molecule has 3 amide bonds. The van der Waals surface area contributed by atoms with Gasteiger partial charge in [0.1, 0.15) is 6.04 Å². The number of carboxylic acids is 1. The minimum atomic E-state index is -1.29. The van der Waals surface area contributed by atoms with Gasteiger partial charge in [0.25, 0.3) is 0 Å². The first kappa shape index (κ1) is 16.3. The van der Waals surface area contributed by atoms with Crippen LogP contribution in [0, 0.1) is 11.8 Å². The number of hydrogen-bond donors (Lipinski definition) is 4. The number of urea groups is 1. The van der Waals surface area contributed by atoms with Crippen LogP contribution in [0.1, 0.15) is 39.5 Å². The molecule has 0 spiro atoms. The number of nitrogens with two attached hydrogens (primary N) is 1. The summed E-state index contributed by atoms with van der Waals surface area (Å²) in [5.41, 5.74) is 4.95. The molecule has 7 nitrogen and oxygen atoms in total.